The highest BCUT2D eigenvalue weighted by atomic mass is 14.2. The van der Waals surface area contributed by atoms with E-state index in [4.69, 9.17) is 0 Å². The van der Waals surface area contributed by atoms with E-state index in [1.165, 1.54) is 97.6 Å². The van der Waals surface area contributed by atoms with Crippen LogP contribution in [-0.2, 0) is 12.8 Å². The van der Waals surface area contributed by atoms with Gasteiger partial charge in [-0.2, -0.15) is 0 Å². The van der Waals surface area contributed by atoms with Gasteiger partial charge in [0.25, 0.3) is 0 Å². The van der Waals surface area contributed by atoms with Gasteiger partial charge in [0.05, 0.1) is 0 Å². The average Bonchev–Trinajstić information content (AvgIpc) is 2.55. The standard InChI is InChI=1S/C24H38/c1-7-9-11-13-15-21-17-24(20(5)6)22(16-14-12-10-8-2)18-23(21)19(3)4/h17-18H,3,5,7-16H2,1-2,4,6H3. The van der Waals surface area contributed by atoms with Crippen molar-refractivity contribution in [1.82, 2.24) is 0 Å². The highest BCUT2D eigenvalue weighted by Crippen LogP contribution is 2.29. The first-order valence-electron chi connectivity index (χ1n) is 9.98. The van der Waals surface area contributed by atoms with Crippen LogP contribution in [-0.4, -0.2) is 0 Å². The molecule has 0 aliphatic heterocycles. The largest absolute Gasteiger partial charge is 0.0955 e. The summed E-state index contributed by atoms with van der Waals surface area (Å²) in [6.45, 7) is 17.3. The third-order valence-corrected chi connectivity index (χ3v) is 4.85. The number of benzene rings is 1. The van der Waals surface area contributed by atoms with Crippen molar-refractivity contribution in [3.63, 3.8) is 0 Å². The lowest BCUT2D eigenvalue weighted by molar-refractivity contribution is 0.662. The Labute approximate surface area is 151 Å². The summed E-state index contributed by atoms with van der Waals surface area (Å²) in [6.07, 6.45) is 12.8. The highest BCUT2D eigenvalue weighted by molar-refractivity contribution is 5.72. The highest BCUT2D eigenvalue weighted by Gasteiger charge is 2.11. The molecule has 0 atom stereocenters. The minimum Gasteiger partial charge on any atom is -0.0955 e. The molecule has 0 heterocycles. The fourth-order valence-electron chi connectivity index (χ4n) is 3.38. The second kappa shape index (κ2) is 11.3. The Morgan fingerprint density at radius 1 is 0.667 bits per heavy atom. The molecule has 1 aromatic carbocycles. The molecule has 0 nitrogen and oxygen atoms in total. The average molecular weight is 327 g/mol. The first kappa shape index (κ1) is 20.7. The summed E-state index contributed by atoms with van der Waals surface area (Å²) in [4.78, 5) is 0. The van der Waals surface area contributed by atoms with Gasteiger partial charge in [-0.3, -0.25) is 0 Å². The van der Waals surface area contributed by atoms with E-state index in [1.54, 1.807) is 0 Å². The normalized spacial score (nSPS) is 10.8. The van der Waals surface area contributed by atoms with Gasteiger partial charge in [0.1, 0.15) is 0 Å². The van der Waals surface area contributed by atoms with Crippen LogP contribution in [0.1, 0.15) is 101 Å². The predicted molar refractivity (Wildman–Crippen MR) is 112 cm³/mol. The smallest absolute Gasteiger partial charge is 0.0198 e. The zero-order valence-electron chi connectivity index (χ0n) is 16.6. The van der Waals surface area contributed by atoms with Crippen molar-refractivity contribution < 1.29 is 0 Å². The summed E-state index contributed by atoms with van der Waals surface area (Å²) in [6, 6.07) is 4.82. The lowest BCUT2D eigenvalue weighted by Gasteiger charge is -2.17. The molecule has 0 saturated carbocycles. The topological polar surface area (TPSA) is 0 Å². The van der Waals surface area contributed by atoms with Gasteiger partial charge in [0.15, 0.2) is 0 Å². The van der Waals surface area contributed by atoms with Gasteiger partial charge in [-0.25, -0.2) is 0 Å². The molecule has 1 rings (SSSR count). The second-order valence-corrected chi connectivity index (χ2v) is 7.35. The van der Waals surface area contributed by atoms with Crippen molar-refractivity contribution in [2.45, 2.75) is 91.9 Å². The molecule has 0 aliphatic rings. The first-order valence-corrected chi connectivity index (χ1v) is 9.98. The van der Waals surface area contributed by atoms with Gasteiger partial charge in [0.2, 0.25) is 0 Å². The van der Waals surface area contributed by atoms with Gasteiger partial charge in [-0.05, 0) is 61.8 Å². The number of allylic oxidation sites excluding steroid dienone is 2. The van der Waals surface area contributed by atoms with E-state index >= 15 is 0 Å². The second-order valence-electron chi connectivity index (χ2n) is 7.35. The van der Waals surface area contributed by atoms with Gasteiger partial charge >= 0.3 is 0 Å². The van der Waals surface area contributed by atoms with Gasteiger partial charge in [0, 0.05) is 0 Å². The van der Waals surface area contributed by atoms with Crippen LogP contribution in [0.25, 0.3) is 11.1 Å². The van der Waals surface area contributed by atoms with Gasteiger partial charge in [-0.15, -0.1) is 0 Å². The van der Waals surface area contributed by atoms with Crippen molar-refractivity contribution in [3.8, 4) is 0 Å². The molecule has 0 heteroatoms. The fraction of sp³-hybridized carbons (Fsp3) is 0.583. The third-order valence-electron chi connectivity index (χ3n) is 4.85. The lowest BCUT2D eigenvalue weighted by atomic mass is 9.88. The van der Waals surface area contributed by atoms with E-state index in [-0.39, 0.29) is 0 Å². The summed E-state index contributed by atoms with van der Waals surface area (Å²) in [5.74, 6) is 0. The minimum atomic E-state index is 1.17. The molecule has 0 N–H and O–H groups in total. The van der Waals surface area contributed by atoms with Crippen LogP contribution in [0.4, 0.5) is 0 Å². The summed E-state index contributed by atoms with van der Waals surface area (Å²) < 4.78 is 0. The van der Waals surface area contributed by atoms with Crippen molar-refractivity contribution in [3.05, 3.63) is 47.5 Å². The summed E-state index contributed by atoms with van der Waals surface area (Å²) in [7, 11) is 0. The predicted octanol–water partition coefficient (Wildman–Crippen LogP) is 8.00. The maximum Gasteiger partial charge on any atom is -0.0198 e. The summed E-state index contributed by atoms with van der Waals surface area (Å²) in [5.41, 5.74) is 8.08. The zero-order chi connectivity index (χ0) is 17.9. The monoisotopic (exact) mass is 326 g/mol. The van der Waals surface area contributed by atoms with Crippen LogP contribution >= 0.6 is 0 Å². The quantitative estimate of drug-likeness (QED) is 0.341. The molecule has 24 heavy (non-hydrogen) atoms. The lowest BCUT2D eigenvalue weighted by Crippen LogP contribution is -2.00. The van der Waals surface area contributed by atoms with E-state index in [9.17, 15) is 0 Å². The molecule has 0 aromatic heterocycles. The maximum atomic E-state index is 4.23. The Balaban J connectivity index is 3.00. The van der Waals surface area contributed by atoms with Crippen LogP contribution < -0.4 is 0 Å². The van der Waals surface area contributed by atoms with E-state index in [1.807, 2.05) is 0 Å². The van der Waals surface area contributed by atoms with Crippen molar-refractivity contribution in [1.29, 1.82) is 0 Å². The van der Waals surface area contributed by atoms with Crippen molar-refractivity contribution in [2.24, 2.45) is 0 Å². The SMILES string of the molecule is C=C(C)c1cc(CCCCCC)c(C(=C)C)cc1CCCCCC. The molecule has 1 aromatic rings. The summed E-state index contributed by atoms with van der Waals surface area (Å²) >= 11 is 0. The Kier molecular flexibility index (Phi) is 9.76. The molecule has 0 aliphatic carbocycles. The molecule has 134 valence electrons. The molecular weight excluding hydrogens is 288 g/mol. The zero-order valence-corrected chi connectivity index (χ0v) is 16.6. The molecule has 0 amide bonds. The Hall–Kier alpha value is -1.30. The van der Waals surface area contributed by atoms with E-state index in [0.717, 1.165) is 0 Å². The summed E-state index contributed by atoms with van der Waals surface area (Å²) in [5, 5.41) is 0. The Bertz CT molecular complexity index is 483. The van der Waals surface area contributed by atoms with Gasteiger partial charge in [-0.1, -0.05) is 88.8 Å². The van der Waals surface area contributed by atoms with E-state index < -0.39 is 0 Å². The Morgan fingerprint density at radius 2 is 1.04 bits per heavy atom. The molecular formula is C24H38. The van der Waals surface area contributed by atoms with Crippen LogP contribution in [0.3, 0.4) is 0 Å². The molecule has 0 saturated heterocycles. The number of hydrogen-bond acceptors (Lipinski definition) is 0. The van der Waals surface area contributed by atoms with E-state index in [0.29, 0.717) is 0 Å². The first-order chi connectivity index (χ1) is 11.5. The Morgan fingerprint density at radius 3 is 1.33 bits per heavy atom. The van der Waals surface area contributed by atoms with Crippen LogP contribution in [0.2, 0.25) is 0 Å². The van der Waals surface area contributed by atoms with E-state index in [2.05, 4.69) is 53.0 Å². The van der Waals surface area contributed by atoms with Gasteiger partial charge < -0.3 is 0 Å². The number of aryl methyl sites for hydroxylation is 2. The van der Waals surface area contributed by atoms with Crippen LogP contribution in [0, 0.1) is 0 Å². The molecule has 0 bridgehead atoms. The molecule has 0 radical (unpaired) electrons. The minimum absolute atomic E-state index is 1.17. The fourth-order valence-corrected chi connectivity index (χ4v) is 3.38. The molecule has 0 unspecified atom stereocenters. The molecule has 0 spiro atoms. The number of unbranched alkanes of at least 4 members (excludes halogenated alkanes) is 6. The van der Waals surface area contributed by atoms with Crippen LogP contribution in [0.15, 0.2) is 25.3 Å². The number of rotatable bonds is 12. The maximum absolute atomic E-state index is 4.23. The number of hydrogen-bond donors (Lipinski definition) is 0. The van der Waals surface area contributed by atoms with Crippen molar-refractivity contribution in [2.75, 3.05) is 0 Å². The van der Waals surface area contributed by atoms with Crippen molar-refractivity contribution >= 4 is 11.1 Å². The molecule has 0 fully saturated rings. The van der Waals surface area contributed by atoms with Crippen LogP contribution in [0.5, 0.6) is 0 Å². The third kappa shape index (κ3) is 6.67.